The first kappa shape index (κ1) is 27.0. The second kappa shape index (κ2) is 10.3. The zero-order valence-corrected chi connectivity index (χ0v) is 25.8. The third-order valence-electron chi connectivity index (χ3n) is 8.43. The van der Waals surface area contributed by atoms with Crippen LogP contribution in [0.5, 0.6) is 0 Å². The fourth-order valence-corrected chi connectivity index (χ4v) is 7.87. The molecule has 3 aliphatic rings. The van der Waals surface area contributed by atoms with Crippen molar-refractivity contribution in [2.45, 2.75) is 54.4 Å². The van der Waals surface area contributed by atoms with E-state index < -0.39 is 0 Å². The molecule has 1 saturated heterocycles. The Labute approximate surface area is 248 Å². The molecule has 1 heterocycles. The second-order valence-electron chi connectivity index (χ2n) is 11.5. The lowest BCUT2D eigenvalue weighted by molar-refractivity contribution is 0.993. The van der Waals surface area contributed by atoms with Crippen LogP contribution in [0, 0.1) is 41.5 Å². The van der Waals surface area contributed by atoms with Gasteiger partial charge in [0.05, 0.1) is 5.03 Å². The molecule has 204 valence electrons. The average Bonchev–Trinajstić information content (AvgIpc) is 3.45. The smallest absolute Gasteiger partial charge is 0.118 e. The van der Waals surface area contributed by atoms with Crippen molar-refractivity contribution in [2.24, 2.45) is 0 Å². The van der Waals surface area contributed by atoms with E-state index >= 15 is 0 Å². The van der Waals surface area contributed by atoms with Crippen molar-refractivity contribution in [3.05, 3.63) is 132 Å². The summed E-state index contributed by atoms with van der Waals surface area (Å²) in [7, 11) is 0. The maximum atomic E-state index is 7.52. The number of benzene rings is 3. The second-order valence-corrected chi connectivity index (χ2v) is 12.4. The average molecular weight is 568 g/mol. The lowest BCUT2D eigenvalue weighted by atomic mass is 9.90. The van der Waals surface area contributed by atoms with Crippen molar-refractivity contribution in [2.75, 3.05) is 22.9 Å². The van der Waals surface area contributed by atoms with Crippen molar-refractivity contribution < 1.29 is 0 Å². The molecule has 3 aromatic rings. The molecule has 0 amide bonds. The van der Waals surface area contributed by atoms with Gasteiger partial charge in [-0.3, -0.25) is 0 Å². The Morgan fingerprint density at radius 3 is 1.65 bits per heavy atom. The highest BCUT2D eigenvalue weighted by atomic mass is 35.5. The number of rotatable bonds is 3. The van der Waals surface area contributed by atoms with Crippen molar-refractivity contribution in [1.82, 2.24) is 0 Å². The van der Waals surface area contributed by atoms with Gasteiger partial charge in [0.1, 0.15) is 5.82 Å². The number of anilines is 2. The van der Waals surface area contributed by atoms with E-state index in [0.717, 1.165) is 58.3 Å². The quantitative estimate of drug-likeness (QED) is 0.311. The molecule has 0 saturated carbocycles. The molecule has 0 unspecified atom stereocenters. The molecule has 1 aliphatic heterocycles. The fraction of sp³-hybridized carbons (Fsp3) is 0.278. The summed E-state index contributed by atoms with van der Waals surface area (Å²) < 4.78 is 0. The minimum absolute atomic E-state index is 0.736. The molecule has 4 heteroatoms. The van der Waals surface area contributed by atoms with E-state index in [1.807, 2.05) is 6.07 Å². The first-order valence-electron chi connectivity index (χ1n) is 14.1. The van der Waals surface area contributed by atoms with Crippen molar-refractivity contribution in [3.63, 3.8) is 0 Å². The molecule has 0 aromatic heterocycles. The van der Waals surface area contributed by atoms with Crippen molar-refractivity contribution in [1.29, 1.82) is 0 Å². The number of nitrogens with zero attached hydrogens (tertiary/aromatic N) is 2. The number of halogens is 2. The van der Waals surface area contributed by atoms with Crippen LogP contribution in [0.25, 0.3) is 5.57 Å². The minimum atomic E-state index is 0.736. The Morgan fingerprint density at radius 2 is 1.15 bits per heavy atom. The molecule has 6 rings (SSSR count). The molecule has 0 atom stereocenters. The summed E-state index contributed by atoms with van der Waals surface area (Å²) in [5.41, 5.74) is 16.0. The Morgan fingerprint density at radius 1 is 0.650 bits per heavy atom. The molecule has 1 fully saturated rings. The van der Waals surface area contributed by atoms with E-state index in [4.69, 9.17) is 23.2 Å². The van der Waals surface area contributed by atoms with Crippen LogP contribution < -0.4 is 9.80 Å². The predicted molar refractivity (Wildman–Crippen MR) is 172 cm³/mol. The van der Waals surface area contributed by atoms with Gasteiger partial charge in [0.25, 0.3) is 0 Å². The molecule has 0 bridgehead atoms. The molecule has 0 N–H and O–H groups in total. The normalized spacial score (nSPS) is 17.4. The van der Waals surface area contributed by atoms with Crippen molar-refractivity contribution in [3.8, 4) is 0 Å². The SMILES string of the molecule is Cc1cc(C)c(N2CCN(c3c(C)cc(C)cc3C)C2=C2CC=C3CC(Cl)=C(c4ccccc4)C3=C2Cl)c(C)c1. The highest BCUT2D eigenvalue weighted by Gasteiger charge is 2.37. The zero-order valence-electron chi connectivity index (χ0n) is 24.3. The maximum absolute atomic E-state index is 7.52. The van der Waals surface area contributed by atoms with Crippen LogP contribution in [-0.2, 0) is 0 Å². The number of aryl methyl sites for hydroxylation is 6. The molecule has 0 spiro atoms. The summed E-state index contributed by atoms with van der Waals surface area (Å²) in [4.78, 5) is 5.03. The third-order valence-corrected chi connectivity index (χ3v) is 9.17. The Bertz CT molecular complexity index is 1560. The van der Waals surface area contributed by atoms with Crippen LogP contribution in [0.1, 0.15) is 51.8 Å². The first-order valence-corrected chi connectivity index (χ1v) is 14.9. The lowest BCUT2D eigenvalue weighted by Crippen LogP contribution is -2.27. The summed E-state index contributed by atoms with van der Waals surface area (Å²) in [6, 6.07) is 19.6. The maximum Gasteiger partial charge on any atom is 0.118 e. The summed E-state index contributed by atoms with van der Waals surface area (Å²) in [5, 5.41) is 1.69. The summed E-state index contributed by atoms with van der Waals surface area (Å²) in [6.07, 6.45) is 3.86. The topological polar surface area (TPSA) is 6.48 Å². The van der Waals surface area contributed by atoms with Gasteiger partial charge in [0, 0.05) is 52.6 Å². The van der Waals surface area contributed by atoms with E-state index in [2.05, 4.69) is 106 Å². The van der Waals surface area contributed by atoms with Crippen LogP contribution in [-0.4, -0.2) is 13.1 Å². The van der Waals surface area contributed by atoms with Gasteiger partial charge in [0.15, 0.2) is 0 Å². The molecule has 40 heavy (non-hydrogen) atoms. The number of fused-ring (bicyclic) bond motifs is 1. The molecule has 2 aliphatic carbocycles. The molecule has 3 aromatic carbocycles. The Balaban J connectivity index is 1.61. The predicted octanol–water partition coefficient (Wildman–Crippen LogP) is 9.95. The van der Waals surface area contributed by atoms with E-state index in [0.29, 0.717) is 0 Å². The molecular formula is C36H36Cl2N2. The Hall–Kier alpha value is -3.20. The van der Waals surface area contributed by atoms with E-state index in [1.165, 1.54) is 56.1 Å². The van der Waals surface area contributed by atoms with Crippen LogP contribution in [0.2, 0.25) is 0 Å². The monoisotopic (exact) mass is 566 g/mol. The van der Waals surface area contributed by atoms with Crippen LogP contribution >= 0.6 is 23.2 Å². The standard InChI is InChI=1S/C36H36Cl2N2/c1-21-16-23(3)34(24(4)17-21)39-14-15-40(35-25(5)18-22(2)19-26(35)6)36(39)29-13-12-28-20-30(37)31(32(28)33(29)38)27-10-8-7-9-11-27/h7-12,16-19H,13-15,20H2,1-6H3. The van der Waals surface area contributed by atoms with Gasteiger partial charge in [-0.2, -0.15) is 0 Å². The first-order chi connectivity index (χ1) is 19.2. The van der Waals surface area contributed by atoms with Crippen LogP contribution in [0.4, 0.5) is 11.4 Å². The van der Waals surface area contributed by atoms with Gasteiger partial charge < -0.3 is 9.80 Å². The summed E-state index contributed by atoms with van der Waals surface area (Å²) >= 11 is 14.5. The largest absolute Gasteiger partial charge is 0.325 e. The van der Waals surface area contributed by atoms with Crippen LogP contribution in [0.3, 0.4) is 0 Å². The number of hydrogen-bond acceptors (Lipinski definition) is 2. The third kappa shape index (κ3) is 4.42. The van der Waals surface area contributed by atoms with Crippen molar-refractivity contribution >= 4 is 40.1 Å². The van der Waals surface area contributed by atoms with Gasteiger partial charge in [0.2, 0.25) is 0 Å². The summed E-state index contributed by atoms with van der Waals surface area (Å²) in [6.45, 7) is 15.1. The summed E-state index contributed by atoms with van der Waals surface area (Å²) in [5.74, 6) is 1.19. The lowest BCUT2D eigenvalue weighted by Gasteiger charge is -2.33. The van der Waals surface area contributed by atoms with Gasteiger partial charge >= 0.3 is 0 Å². The highest BCUT2D eigenvalue weighted by molar-refractivity contribution is 6.38. The van der Waals surface area contributed by atoms with Gasteiger partial charge in [-0.1, -0.05) is 95.0 Å². The number of allylic oxidation sites excluding steroid dienone is 7. The molecule has 0 radical (unpaired) electrons. The van der Waals surface area contributed by atoms with E-state index in [9.17, 15) is 0 Å². The van der Waals surface area contributed by atoms with Gasteiger partial charge in [-0.15, -0.1) is 0 Å². The molecular weight excluding hydrogens is 531 g/mol. The highest BCUT2D eigenvalue weighted by Crippen LogP contribution is 2.52. The number of hydrogen-bond donors (Lipinski definition) is 0. The fourth-order valence-electron chi connectivity index (χ4n) is 7.14. The van der Waals surface area contributed by atoms with E-state index in [-0.39, 0.29) is 0 Å². The van der Waals surface area contributed by atoms with Gasteiger partial charge in [-0.05, 0) is 81.4 Å². The molecule has 2 nitrogen and oxygen atoms in total. The van der Waals surface area contributed by atoms with E-state index in [1.54, 1.807) is 0 Å². The van der Waals surface area contributed by atoms with Crippen LogP contribution in [0.15, 0.2) is 93.3 Å². The Kier molecular flexibility index (Phi) is 6.97. The minimum Gasteiger partial charge on any atom is -0.325 e. The zero-order chi connectivity index (χ0) is 28.3. The van der Waals surface area contributed by atoms with Gasteiger partial charge in [-0.25, -0.2) is 0 Å².